The largest absolute Gasteiger partial charge is 0.384 e. The van der Waals surface area contributed by atoms with Crippen molar-refractivity contribution < 1.29 is 0 Å². The van der Waals surface area contributed by atoms with Gasteiger partial charge in [-0.15, -0.1) is 0 Å². The van der Waals surface area contributed by atoms with E-state index in [0.29, 0.717) is 5.82 Å². The van der Waals surface area contributed by atoms with Gasteiger partial charge < -0.3 is 15.3 Å². The summed E-state index contributed by atoms with van der Waals surface area (Å²) in [7, 11) is 0. The number of aryl methyl sites for hydroxylation is 1. The van der Waals surface area contributed by atoms with E-state index in [4.69, 9.17) is 20.7 Å². The maximum absolute atomic E-state index is 6.54. The highest BCUT2D eigenvalue weighted by atomic mass is 15.1. The Bertz CT molecular complexity index is 1230. The molecule has 6 nitrogen and oxygen atoms in total. The SMILES string of the molecule is CCCn1c(N)c(-c2nc3ccccc3[nH]2)c2nc3ccccc3nc21. The van der Waals surface area contributed by atoms with Crippen LogP contribution < -0.4 is 5.73 Å². The van der Waals surface area contributed by atoms with E-state index in [1.54, 1.807) is 0 Å². The molecule has 0 spiro atoms. The van der Waals surface area contributed by atoms with Crippen LogP contribution in [0.4, 0.5) is 5.82 Å². The molecule has 0 unspecified atom stereocenters. The van der Waals surface area contributed by atoms with Gasteiger partial charge in [-0.3, -0.25) is 0 Å². The summed E-state index contributed by atoms with van der Waals surface area (Å²) in [5.41, 5.74) is 12.6. The van der Waals surface area contributed by atoms with E-state index < -0.39 is 0 Å². The molecule has 0 aliphatic carbocycles. The number of rotatable bonds is 3. The van der Waals surface area contributed by atoms with E-state index >= 15 is 0 Å². The fourth-order valence-corrected chi connectivity index (χ4v) is 3.47. The minimum atomic E-state index is 0.649. The molecule has 5 rings (SSSR count). The smallest absolute Gasteiger partial charge is 0.161 e. The number of nitrogens with two attached hydrogens (primary N) is 1. The zero-order valence-electron chi connectivity index (χ0n) is 14.4. The molecule has 0 bridgehead atoms. The Morgan fingerprint density at radius 1 is 0.923 bits per heavy atom. The molecule has 0 atom stereocenters. The van der Waals surface area contributed by atoms with E-state index in [1.807, 2.05) is 53.1 Å². The fourth-order valence-electron chi connectivity index (χ4n) is 3.47. The van der Waals surface area contributed by atoms with Gasteiger partial charge in [0.1, 0.15) is 17.2 Å². The number of nitrogens with one attached hydrogen (secondary N) is 1. The summed E-state index contributed by atoms with van der Waals surface area (Å²) in [6, 6.07) is 15.8. The van der Waals surface area contributed by atoms with Crippen LogP contribution in [0.25, 0.3) is 44.6 Å². The number of hydrogen-bond acceptors (Lipinski definition) is 4. The summed E-state index contributed by atoms with van der Waals surface area (Å²) in [5, 5.41) is 0. The maximum Gasteiger partial charge on any atom is 0.161 e. The third-order valence-corrected chi connectivity index (χ3v) is 4.66. The van der Waals surface area contributed by atoms with Crippen LogP contribution in [0.1, 0.15) is 13.3 Å². The van der Waals surface area contributed by atoms with Crippen LogP contribution in [-0.2, 0) is 6.54 Å². The van der Waals surface area contributed by atoms with E-state index in [1.165, 1.54) is 0 Å². The Hall–Kier alpha value is -3.41. The van der Waals surface area contributed by atoms with Crippen molar-refractivity contribution in [2.24, 2.45) is 0 Å². The fraction of sp³-hybridized carbons (Fsp3) is 0.150. The number of para-hydroxylation sites is 4. The van der Waals surface area contributed by atoms with Gasteiger partial charge in [0.15, 0.2) is 5.65 Å². The first-order valence-corrected chi connectivity index (χ1v) is 8.76. The van der Waals surface area contributed by atoms with Gasteiger partial charge >= 0.3 is 0 Å². The first-order chi connectivity index (χ1) is 12.8. The van der Waals surface area contributed by atoms with E-state index in [9.17, 15) is 0 Å². The molecule has 6 heteroatoms. The minimum Gasteiger partial charge on any atom is -0.384 e. The van der Waals surface area contributed by atoms with Crippen LogP contribution in [0.5, 0.6) is 0 Å². The monoisotopic (exact) mass is 342 g/mol. The molecule has 0 saturated heterocycles. The lowest BCUT2D eigenvalue weighted by Gasteiger charge is -2.05. The second kappa shape index (κ2) is 5.56. The summed E-state index contributed by atoms with van der Waals surface area (Å²) in [4.78, 5) is 17.8. The van der Waals surface area contributed by atoms with Gasteiger partial charge in [0.2, 0.25) is 0 Å². The molecule has 3 heterocycles. The Balaban J connectivity index is 1.88. The van der Waals surface area contributed by atoms with Crippen molar-refractivity contribution in [2.75, 3.05) is 5.73 Å². The van der Waals surface area contributed by atoms with Gasteiger partial charge in [-0.2, -0.15) is 0 Å². The molecule has 0 fully saturated rings. The number of imidazole rings is 1. The van der Waals surface area contributed by atoms with E-state index in [2.05, 4.69) is 11.9 Å². The molecular formula is C20H18N6. The van der Waals surface area contributed by atoms with Crippen LogP contribution in [0.15, 0.2) is 48.5 Å². The average Bonchev–Trinajstić information content (AvgIpc) is 3.19. The Morgan fingerprint density at radius 2 is 1.62 bits per heavy atom. The number of nitrogens with zero attached hydrogens (tertiary/aromatic N) is 4. The summed E-state index contributed by atoms with van der Waals surface area (Å²) in [5.74, 6) is 1.38. The van der Waals surface area contributed by atoms with Crippen molar-refractivity contribution in [3.8, 4) is 11.4 Å². The Labute approximate surface area is 149 Å². The number of hydrogen-bond donors (Lipinski definition) is 2. The van der Waals surface area contributed by atoms with Gasteiger partial charge in [0.25, 0.3) is 0 Å². The highest BCUT2D eigenvalue weighted by molar-refractivity contribution is 6.01. The first kappa shape index (κ1) is 14.9. The van der Waals surface area contributed by atoms with Gasteiger partial charge in [-0.05, 0) is 30.7 Å². The molecule has 2 aromatic carbocycles. The van der Waals surface area contributed by atoms with E-state index in [-0.39, 0.29) is 0 Å². The summed E-state index contributed by atoms with van der Waals surface area (Å²) in [6.45, 7) is 2.91. The first-order valence-electron chi connectivity index (χ1n) is 8.76. The molecule has 128 valence electrons. The summed E-state index contributed by atoms with van der Waals surface area (Å²) >= 11 is 0. The lowest BCUT2D eigenvalue weighted by molar-refractivity contribution is 0.706. The van der Waals surface area contributed by atoms with E-state index in [0.717, 1.165) is 57.6 Å². The highest BCUT2D eigenvalue weighted by Crippen LogP contribution is 2.35. The number of nitrogen functional groups attached to an aromatic ring is 1. The number of H-pyrrole nitrogens is 1. The van der Waals surface area contributed by atoms with Crippen LogP contribution in [-0.4, -0.2) is 24.5 Å². The molecule has 3 aromatic heterocycles. The van der Waals surface area contributed by atoms with Crippen LogP contribution in [0.3, 0.4) is 0 Å². The number of aromatic nitrogens is 5. The zero-order valence-corrected chi connectivity index (χ0v) is 14.4. The predicted octanol–water partition coefficient (Wildman–Crippen LogP) is 4.12. The molecule has 0 amide bonds. The minimum absolute atomic E-state index is 0.649. The number of anilines is 1. The quantitative estimate of drug-likeness (QED) is 0.516. The van der Waals surface area contributed by atoms with Crippen molar-refractivity contribution in [3.05, 3.63) is 48.5 Å². The number of benzene rings is 2. The highest BCUT2D eigenvalue weighted by Gasteiger charge is 2.21. The lowest BCUT2D eigenvalue weighted by atomic mass is 10.2. The Kier molecular flexibility index (Phi) is 3.18. The molecule has 0 aliphatic heterocycles. The summed E-state index contributed by atoms with van der Waals surface area (Å²) < 4.78 is 2.04. The maximum atomic E-state index is 6.54. The topological polar surface area (TPSA) is 85.4 Å². The van der Waals surface area contributed by atoms with Crippen LogP contribution in [0.2, 0.25) is 0 Å². The van der Waals surface area contributed by atoms with Crippen LogP contribution >= 0.6 is 0 Å². The van der Waals surface area contributed by atoms with Gasteiger partial charge in [-0.1, -0.05) is 31.2 Å². The third kappa shape index (κ3) is 2.08. The second-order valence-corrected chi connectivity index (χ2v) is 6.40. The number of aromatic amines is 1. The van der Waals surface area contributed by atoms with Crippen molar-refractivity contribution in [1.29, 1.82) is 0 Å². The van der Waals surface area contributed by atoms with Gasteiger partial charge in [-0.25, -0.2) is 15.0 Å². The molecule has 3 N–H and O–H groups in total. The average molecular weight is 342 g/mol. The second-order valence-electron chi connectivity index (χ2n) is 6.40. The summed E-state index contributed by atoms with van der Waals surface area (Å²) in [6.07, 6.45) is 0.960. The number of fused-ring (bicyclic) bond motifs is 3. The Morgan fingerprint density at radius 3 is 2.35 bits per heavy atom. The normalized spacial score (nSPS) is 11.7. The molecular weight excluding hydrogens is 324 g/mol. The lowest BCUT2D eigenvalue weighted by Crippen LogP contribution is -2.03. The molecule has 26 heavy (non-hydrogen) atoms. The molecule has 0 radical (unpaired) electrons. The molecule has 0 aliphatic rings. The van der Waals surface area contributed by atoms with Crippen molar-refractivity contribution in [2.45, 2.75) is 19.9 Å². The van der Waals surface area contributed by atoms with Gasteiger partial charge in [0.05, 0.1) is 27.6 Å². The molecule has 0 saturated carbocycles. The standard InChI is InChI=1S/C20H18N6/c1-2-11-26-18(21)16(19-23-13-8-4-5-9-14(13)24-19)17-20(26)25-15-10-6-3-7-12(15)22-17/h3-10H,2,11,21H2,1H3,(H,23,24). The third-order valence-electron chi connectivity index (χ3n) is 4.66. The van der Waals surface area contributed by atoms with Crippen molar-refractivity contribution >= 4 is 39.0 Å². The van der Waals surface area contributed by atoms with Gasteiger partial charge in [0, 0.05) is 6.54 Å². The van der Waals surface area contributed by atoms with Crippen molar-refractivity contribution in [1.82, 2.24) is 24.5 Å². The molecule has 5 aromatic rings. The van der Waals surface area contributed by atoms with Crippen molar-refractivity contribution in [3.63, 3.8) is 0 Å². The van der Waals surface area contributed by atoms with Crippen LogP contribution in [0, 0.1) is 0 Å². The zero-order chi connectivity index (χ0) is 17.7. The predicted molar refractivity (Wildman–Crippen MR) is 105 cm³/mol.